The minimum Gasteiger partial charge on any atom is -0.493 e. The molecule has 4 rings (SSSR count). The highest BCUT2D eigenvalue weighted by Crippen LogP contribution is 2.43. The molecule has 7 nitrogen and oxygen atoms in total. The van der Waals surface area contributed by atoms with E-state index in [2.05, 4.69) is 9.88 Å². The van der Waals surface area contributed by atoms with Gasteiger partial charge in [-0.25, -0.2) is 4.98 Å². The number of methoxy groups -OCH3 is 3. The van der Waals surface area contributed by atoms with E-state index >= 15 is 0 Å². The summed E-state index contributed by atoms with van der Waals surface area (Å²) in [6.07, 6.45) is 2.30. The van der Waals surface area contributed by atoms with Gasteiger partial charge >= 0.3 is 0 Å². The molecule has 2 aliphatic rings. The van der Waals surface area contributed by atoms with Crippen LogP contribution in [0.25, 0.3) is 0 Å². The molecule has 2 fully saturated rings. The fraction of sp³-hybridized carbons (Fsp3) is 0.500. The summed E-state index contributed by atoms with van der Waals surface area (Å²) in [6.45, 7) is 1.77. The fourth-order valence-electron chi connectivity index (χ4n) is 4.56. The molecule has 1 saturated carbocycles. The molecule has 0 spiro atoms. The fourth-order valence-corrected chi connectivity index (χ4v) is 4.67. The molecular weight excluding hydrogens is 408 g/mol. The van der Waals surface area contributed by atoms with E-state index in [0.717, 1.165) is 25.3 Å². The quantitative estimate of drug-likeness (QED) is 0.746. The van der Waals surface area contributed by atoms with Gasteiger partial charge in [0.2, 0.25) is 5.75 Å². The van der Waals surface area contributed by atoms with Gasteiger partial charge in [-0.2, -0.15) is 0 Å². The summed E-state index contributed by atoms with van der Waals surface area (Å²) in [5, 5.41) is 11.4. The normalized spacial score (nSPS) is 25.6. The van der Waals surface area contributed by atoms with Crippen molar-refractivity contribution in [3.63, 3.8) is 0 Å². The molecule has 0 unspecified atom stereocenters. The van der Waals surface area contributed by atoms with Crippen LogP contribution in [0, 0.1) is 11.8 Å². The number of ether oxygens (including phenoxy) is 4. The molecule has 0 amide bonds. The number of fused-ring (bicyclic) bond motifs is 1. The van der Waals surface area contributed by atoms with Crippen LogP contribution in [-0.4, -0.2) is 56.7 Å². The van der Waals surface area contributed by atoms with E-state index < -0.39 is 6.10 Å². The summed E-state index contributed by atoms with van der Waals surface area (Å²) in [7, 11) is 4.70. The van der Waals surface area contributed by atoms with Crippen LogP contribution in [0.4, 0.5) is 5.82 Å². The molecule has 1 N–H and O–H groups in total. The highest BCUT2D eigenvalue weighted by Gasteiger charge is 2.43. The third-order valence-corrected chi connectivity index (χ3v) is 6.27. The maximum Gasteiger partial charge on any atom is 0.203 e. The van der Waals surface area contributed by atoms with Gasteiger partial charge in [0.05, 0.1) is 32.5 Å². The first-order chi connectivity index (χ1) is 14.5. The zero-order valence-corrected chi connectivity index (χ0v) is 18.1. The van der Waals surface area contributed by atoms with E-state index in [9.17, 15) is 5.11 Å². The average molecular weight is 435 g/mol. The first kappa shape index (κ1) is 20.9. The third kappa shape index (κ3) is 4.09. The SMILES string of the molecule is COc1cc(O[C@@H]2C[C@@H]3CN(c4ccc(Cl)cn4)C[C@@H]3C[C@H]2O)cc(OC)c1OC. The van der Waals surface area contributed by atoms with Crippen LogP contribution in [0.5, 0.6) is 23.0 Å². The van der Waals surface area contributed by atoms with Gasteiger partial charge in [0.15, 0.2) is 11.5 Å². The maximum atomic E-state index is 10.8. The van der Waals surface area contributed by atoms with Gasteiger partial charge < -0.3 is 29.0 Å². The predicted octanol–water partition coefficient (Wildman–Crippen LogP) is 3.42. The number of benzene rings is 1. The van der Waals surface area contributed by atoms with Crippen molar-refractivity contribution in [3.05, 3.63) is 35.5 Å². The number of nitrogens with zero attached hydrogens (tertiary/aromatic N) is 2. The molecule has 2 heterocycles. The van der Waals surface area contributed by atoms with Crippen molar-refractivity contribution < 1.29 is 24.1 Å². The van der Waals surface area contributed by atoms with Crippen LogP contribution < -0.4 is 23.8 Å². The van der Waals surface area contributed by atoms with Crippen molar-refractivity contribution in [2.45, 2.75) is 25.0 Å². The molecular formula is C22H27ClN2O5. The molecule has 1 aromatic heterocycles. The number of aromatic nitrogens is 1. The number of hydrogen-bond donors (Lipinski definition) is 1. The number of hydrogen-bond acceptors (Lipinski definition) is 7. The van der Waals surface area contributed by atoms with Gasteiger partial charge in [-0.1, -0.05) is 11.6 Å². The Morgan fingerprint density at radius 1 is 1.00 bits per heavy atom. The summed E-state index contributed by atoms with van der Waals surface area (Å²) in [5.41, 5.74) is 0. The second kappa shape index (κ2) is 8.78. The molecule has 1 saturated heterocycles. The monoisotopic (exact) mass is 434 g/mol. The number of aliphatic hydroxyl groups is 1. The van der Waals surface area contributed by atoms with Gasteiger partial charge in [-0.05, 0) is 36.8 Å². The molecule has 1 aliphatic heterocycles. The van der Waals surface area contributed by atoms with E-state index in [0.29, 0.717) is 46.3 Å². The van der Waals surface area contributed by atoms with Crippen molar-refractivity contribution in [1.82, 2.24) is 4.98 Å². The number of aliphatic hydroxyl groups excluding tert-OH is 1. The molecule has 1 aromatic carbocycles. The second-order valence-corrected chi connectivity index (χ2v) is 8.25. The van der Waals surface area contributed by atoms with Gasteiger partial charge in [-0.3, -0.25) is 0 Å². The Balaban J connectivity index is 1.47. The standard InChI is InChI=1S/C22H27ClN2O5/c1-27-19-8-16(9-20(28-2)22(19)29-3)30-18-7-14-12-25(11-13(14)6-17(18)26)21-5-4-15(23)10-24-21/h4-5,8-10,13-14,17-18,26H,6-7,11-12H2,1-3H3/t13-,14+,17+,18+/m0/s1. The number of halogens is 1. The van der Waals surface area contributed by atoms with Crippen LogP contribution in [0.15, 0.2) is 30.5 Å². The lowest BCUT2D eigenvalue weighted by atomic mass is 9.78. The summed E-state index contributed by atoms with van der Waals surface area (Å²) in [6, 6.07) is 7.33. The van der Waals surface area contributed by atoms with E-state index in [4.69, 9.17) is 30.5 Å². The largest absolute Gasteiger partial charge is 0.493 e. The molecule has 4 atom stereocenters. The Morgan fingerprint density at radius 3 is 2.23 bits per heavy atom. The van der Waals surface area contributed by atoms with Crippen molar-refractivity contribution >= 4 is 17.4 Å². The van der Waals surface area contributed by atoms with E-state index in [-0.39, 0.29) is 6.10 Å². The van der Waals surface area contributed by atoms with Gasteiger partial charge in [0.25, 0.3) is 0 Å². The zero-order valence-electron chi connectivity index (χ0n) is 17.4. The van der Waals surface area contributed by atoms with Crippen LogP contribution in [0.3, 0.4) is 0 Å². The van der Waals surface area contributed by atoms with Crippen LogP contribution >= 0.6 is 11.6 Å². The molecule has 162 valence electrons. The van der Waals surface area contributed by atoms with Crippen molar-refractivity contribution in [3.8, 4) is 23.0 Å². The van der Waals surface area contributed by atoms with Crippen molar-refractivity contribution in [1.29, 1.82) is 0 Å². The summed E-state index contributed by atoms with van der Waals surface area (Å²) in [5.74, 6) is 3.91. The van der Waals surface area contributed by atoms with Crippen LogP contribution in [-0.2, 0) is 0 Å². The van der Waals surface area contributed by atoms with E-state index in [1.54, 1.807) is 39.7 Å². The van der Waals surface area contributed by atoms with Crippen LogP contribution in [0.1, 0.15) is 12.8 Å². The molecule has 1 aliphatic carbocycles. The van der Waals surface area contributed by atoms with Gasteiger partial charge in [-0.15, -0.1) is 0 Å². The first-order valence-electron chi connectivity index (χ1n) is 10.0. The summed E-state index contributed by atoms with van der Waals surface area (Å²) < 4.78 is 22.4. The van der Waals surface area contributed by atoms with Gasteiger partial charge in [0.1, 0.15) is 17.7 Å². The lowest BCUT2D eigenvalue weighted by Crippen LogP contribution is -2.42. The van der Waals surface area contributed by atoms with E-state index in [1.165, 1.54) is 0 Å². The Morgan fingerprint density at radius 2 is 1.67 bits per heavy atom. The average Bonchev–Trinajstić information content (AvgIpc) is 3.16. The summed E-state index contributed by atoms with van der Waals surface area (Å²) >= 11 is 5.96. The number of pyridine rings is 1. The maximum absolute atomic E-state index is 10.8. The minimum atomic E-state index is -0.538. The lowest BCUT2D eigenvalue weighted by Gasteiger charge is -2.35. The van der Waals surface area contributed by atoms with Gasteiger partial charge in [0, 0.05) is 31.4 Å². The molecule has 0 radical (unpaired) electrons. The molecule has 8 heteroatoms. The van der Waals surface area contributed by atoms with Crippen LogP contribution in [0.2, 0.25) is 5.02 Å². The molecule has 0 bridgehead atoms. The Kier molecular flexibility index (Phi) is 6.11. The highest BCUT2D eigenvalue weighted by atomic mass is 35.5. The lowest BCUT2D eigenvalue weighted by molar-refractivity contribution is -0.0233. The number of anilines is 1. The molecule has 30 heavy (non-hydrogen) atoms. The molecule has 2 aromatic rings. The first-order valence-corrected chi connectivity index (χ1v) is 10.4. The third-order valence-electron chi connectivity index (χ3n) is 6.05. The highest BCUT2D eigenvalue weighted by molar-refractivity contribution is 6.30. The summed E-state index contributed by atoms with van der Waals surface area (Å²) in [4.78, 5) is 6.70. The second-order valence-electron chi connectivity index (χ2n) is 7.82. The predicted molar refractivity (Wildman–Crippen MR) is 114 cm³/mol. The Labute approximate surface area is 181 Å². The topological polar surface area (TPSA) is 73.3 Å². The Bertz CT molecular complexity index is 853. The van der Waals surface area contributed by atoms with Crippen molar-refractivity contribution in [2.24, 2.45) is 11.8 Å². The zero-order chi connectivity index (χ0) is 21.3. The Hall–Kier alpha value is -2.38. The van der Waals surface area contributed by atoms with Crippen molar-refractivity contribution in [2.75, 3.05) is 39.3 Å². The smallest absolute Gasteiger partial charge is 0.203 e. The van der Waals surface area contributed by atoms with E-state index in [1.807, 2.05) is 12.1 Å². The number of rotatable bonds is 6. The minimum absolute atomic E-state index is 0.299.